The van der Waals surface area contributed by atoms with E-state index in [1.807, 2.05) is 0 Å². The first kappa shape index (κ1) is 13.2. The van der Waals surface area contributed by atoms with Crippen LogP contribution in [0.5, 0.6) is 0 Å². The smallest absolute Gasteiger partial charge is 0.00175 e. The fourth-order valence-corrected chi connectivity index (χ4v) is 2.18. The molecule has 0 fully saturated rings. The van der Waals surface area contributed by atoms with Crippen LogP contribution >= 0.6 is 0 Å². The first-order chi connectivity index (χ1) is 7.77. The Bertz CT molecular complexity index is 293. The molecule has 0 saturated heterocycles. The van der Waals surface area contributed by atoms with Gasteiger partial charge in [-0.2, -0.15) is 0 Å². The van der Waals surface area contributed by atoms with E-state index in [0.717, 1.165) is 19.0 Å². The van der Waals surface area contributed by atoms with E-state index in [2.05, 4.69) is 50.4 Å². The minimum atomic E-state index is 0.783. The van der Waals surface area contributed by atoms with Crippen molar-refractivity contribution in [2.45, 2.75) is 40.0 Å². The summed E-state index contributed by atoms with van der Waals surface area (Å²) < 4.78 is 0. The Labute approximate surface area is 100 Å². The topological polar surface area (TPSA) is 12.0 Å². The lowest BCUT2D eigenvalue weighted by Crippen LogP contribution is -2.24. The van der Waals surface area contributed by atoms with Crippen molar-refractivity contribution in [3.05, 3.63) is 35.4 Å². The molecular weight excluding hydrogens is 194 g/mol. The zero-order chi connectivity index (χ0) is 11.8. The Morgan fingerprint density at radius 1 is 1.19 bits per heavy atom. The van der Waals surface area contributed by atoms with E-state index >= 15 is 0 Å². The van der Waals surface area contributed by atoms with Crippen molar-refractivity contribution in [1.82, 2.24) is 5.32 Å². The molecule has 1 N–H and O–H groups in total. The minimum absolute atomic E-state index is 0.783. The van der Waals surface area contributed by atoms with Gasteiger partial charge >= 0.3 is 0 Å². The normalized spacial score (nSPS) is 12.7. The molecule has 0 bridgehead atoms. The molecule has 0 heterocycles. The number of nitrogens with one attached hydrogen (secondary N) is 1. The maximum Gasteiger partial charge on any atom is -0.00175 e. The third-order valence-corrected chi connectivity index (χ3v) is 3.15. The lowest BCUT2D eigenvalue weighted by atomic mass is 9.92. The van der Waals surface area contributed by atoms with Gasteiger partial charge in [-0.15, -0.1) is 0 Å². The van der Waals surface area contributed by atoms with Crippen LogP contribution < -0.4 is 5.32 Å². The molecule has 90 valence electrons. The van der Waals surface area contributed by atoms with Gasteiger partial charge in [-0.1, -0.05) is 44.5 Å². The highest BCUT2D eigenvalue weighted by atomic mass is 14.8. The van der Waals surface area contributed by atoms with Crippen LogP contribution in [-0.4, -0.2) is 13.1 Å². The quantitative estimate of drug-likeness (QED) is 0.739. The molecule has 1 aromatic carbocycles. The van der Waals surface area contributed by atoms with Crippen LogP contribution in [0.3, 0.4) is 0 Å². The zero-order valence-corrected chi connectivity index (χ0v) is 10.9. The molecule has 0 aromatic heterocycles. The summed E-state index contributed by atoms with van der Waals surface area (Å²) in [5, 5.41) is 3.47. The summed E-state index contributed by atoms with van der Waals surface area (Å²) >= 11 is 0. The maximum atomic E-state index is 3.47. The predicted molar refractivity (Wildman–Crippen MR) is 71.8 cm³/mol. The second-order valence-electron chi connectivity index (χ2n) is 4.59. The summed E-state index contributed by atoms with van der Waals surface area (Å²) in [6, 6.07) is 8.76. The summed E-state index contributed by atoms with van der Waals surface area (Å²) in [4.78, 5) is 0. The lowest BCUT2D eigenvalue weighted by Gasteiger charge is -2.17. The van der Waals surface area contributed by atoms with Crippen molar-refractivity contribution in [3.8, 4) is 0 Å². The molecule has 0 radical (unpaired) electrons. The molecule has 1 unspecified atom stereocenters. The van der Waals surface area contributed by atoms with Crippen molar-refractivity contribution in [1.29, 1.82) is 0 Å². The Hall–Kier alpha value is -0.820. The van der Waals surface area contributed by atoms with Crippen molar-refractivity contribution in [2.75, 3.05) is 13.1 Å². The molecular formula is C15H25N. The second-order valence-corrected chi connectivity index (χ2v) is 4.59. The first-order valence-electron chi connectivity index (χ1n) is 6.53. The largest absolute Gasteiger partial charge is 0.317 e. The summed E-state index contributed by atoms with van der Waals surface area (Å²) in [5.41, 5.74) is 2.94. The van der Waals surface area contributed by atoms with E-state index in [4.69, 9.17) is 0 Å². The second kappa shape index (κ2) is 7.45. The van der Waals surface area contributed by atoms with Crippen LogP contribution in [0.2, 0.25) is 0 Å². The molecule has 1 heteroatoms. The van der Waals surface area contributed by atoms with E-state index in [-0.39, 0.29) is 0 Å². The predicted octanol–water partition coefficient (Wildman–Crippen LogP) is 3.56. The van der Waals surface area contributed by atoms with Gasteiger partial charge in [-0.05, 0) is 49.9 Å². The number of rotatable bonds is 7. The van der Waals surface area contributed by atoms with Gasteiger partial charge in [0.1, 0.15) is 0 Å². The molecule has 0 aliphatic rings. The Balaban J connectivity index is 2.56. The van der Waals surface area contributed by atoms with Crippen LogP contribution in [0.15, 0.2) is 24.3 Å². The summed E-state index contributed by atoms with van der Waals surface area (Å²) in [7, 11) is 0. The van der Waals surface area contributed by atoms with Gasteiger partial charge < -0.3 is 5.32 Å². The third-order valence-electron chi connectivity index (χ3n) is 3.15. The molecule has 0 aliphatic heterocycles. The van der Waals surface area contributed by atoms with E-state index in [0.29, 0.717) is 0 Å². The first-order valence-corrected chi connectivity index (χ1v) is 6.53. The maximum absolute atomic E-state index is 3.47. The summed E-state index contributed by atoms with van der Waals surface area (Å²) in [5.74, 6) is 0.783. The Morgan fingerprint density at radius 2 is 1.94 bits per heavy atom. The van der Waals surface area contributed by atoms with Crippen LogP contribution in [0.4, 0.5) is 0 Å². The summed E-state index contributed by atoms with van der Waals surface area (Å²) in [6.07, 6.45) is 3.82. The SMILES string of the molecule is CCCC(CNCC)Cc1ccccc1C. The Morgan fingerprint density at radius 3 is 2.56 bits per heavy atom. The van der Waals surface area contributed by atoms with Crippen molar-refractivity contribution >= 4 is 0 Å². The van der Waals surface area contributed by atoms with Crippen LogP contribution in [-0.2, 0) is 6.42 Å². The van der Waals surface area contributed by atoms with Gasteiger partial charge in [0.05, 0.1) is 0 Å². The van der Waals surface area contributed by atoms with Crippen molar-refractivity contribution in [2.24, 2.45) is 5.92 Å². The zero-order valence-electron chi connectivity index (χ0n) is 10.9. The molecule has 1 aromatic rings. The highest BCUT2D eigenvalue weighted by molar-refractivity contribution is 5.25. The number of hydrogen-bond donors (Lipinski definition) is 1. The molecule has 1 nitrogen and oxygen atoms in total. The fraction of sp³-hybridized carbons (Fsp3) is 0.600. The number of benzene rings is 1. The van der Waals surface area contributed by atoms with E-state index in [9.17, 15) is 0 Å². The van der Waals surface area contributed by atoms with Crippen molar-refractivity contribution in [3.63, 3.8) is 0 Å². The van der Waals surface area contributed by atoms with Gasteiger partial charge in [-0.3, -0.25) is 0 Å². The Kier molecular flexibility index (Phi) is 6.17. The van der Waals surface area contributed by atoms with Crippen LogP contribution in [0.1, 0.15) is 37.8 Å². The molecule has 0 spiro atoms. The number of hydrogen-bond acceptors (Lipinski definition) is 1. The van der Waals surface area contributed by atoms with E-state index in [1.165, 1.54) is 30.4 Å². The van der Waals surface area contributed by atoms with Gasteiger partial charge in [0.2, 0.25) is 0 Å². The fourth-order valence-electron chi connectivity index (χ4n) is 2.18. The molecule has 0 saturated carbocycles. The molecule has 1 atom stereocenters. The lowest BCUT2D eigenvalue weighted by molar-refractivity contribution is 0.444. The van der Waals surface area contributed by atoms with Gasteiger partial charge in [0.25, 0.3) is 0 Å². The van der Waals surface area contributed by atoms with E-state index in [1.54, 1.807) is 0 Å². The van der Waals surface area contributed by atoms with E-state index < -0.39 is 0 Å². The average molecular weight is 219 g/mol. The van der Waals surface area contributed by atoms with Crippen LogP contribution in [0, 0.1) is 12.8 Å². The minimum Gasteiger partial charge on any atom is -0.317 e. The third kappa shape index (κ3) is 4.36. The summed E-state index contributed by atoms with van der Waals surface area (Å²) in [6.45, 7) is 8.89. The molecule has 1 rings (SSSR count). The van der Waals surface area contributed by atoms with Crippen molar-refractivity contribution < 1.29 is 0 Å². The highest BCUT2D eigenvalue weighted by Gasteiger charge is 2.09. The van der Waals surface area contributed by atoms with Gasteiger partial charge in [0, 0.05) is 0 Å². The highest BCUT2D eigenvalue weighted by Crippen LogP contribution is 2.16. The molecule has 16 heavy (non-hydrogen) atoms. The molecule has 0 amide bonds. The molecule has 0 aliphatic carbocycles. The van der Waals surface area contributed by atoms with Gasteiger partial charge in [-0.25, -0.2) is 0 Å². The van der Waals surface area contributed by atoms with Gasteiger partial charge in [0.15, 0.2) is 0 Å². The van der Waals surface area contributed by atoms with Crippen LogP contribution in [0.25, 0.3) is 0 Å². The standard InChI is InChI=1S/C15H25N/c1-4-8-14(12-16-5-2)11-15-10-7-6-9-13(15)3/h6-7,9-10,14,16H,4-5,8,11-12H2,1-3H3. The monoisotopic (exact) mass is 219 g/mol. The average Bonchev–Trinajstić information content (AvgIpc) is 2.29. The number of aryl methyl sites for hydroxylation is 1.